The summed E-state index contributed by atoms with van der Waals surface area (Å²) in [6.45, 7) is 3.84. The van der Waals surface area contributed by atoms with E-state index in [2.05, 4.69) is 17.4 Å². The van der Waals surface area contributed by atoms with Crippen LogP contribution in [0.1, 0.15) is 20.7 Å². The minimum atomic E-state index is -0.480. The second-order valence-corrected chi connectivity index (χ2v) is 4.95. The number of hydrogen-bond acceptors (Lipinski definition) is 3. The Labute approximate surface area is 138 Å². The van der Waals surface area contributed by atoms with Crippen molar-refractivity contribution in [3.8, 4) is 5.75 Å². The Morgan fingerprint density at radius 1 is 1.04 bits per heavy atom. The molecule has 23 heavy (non-hydrogen) atoms. The molecular weight excluding hydrogens is 316 g/mol. The summed E-state index contributed by atoms with van der Waals surface area (Å²) >= 11 is 5.76. The molecule has 0 bridgehead atoms. The molecule has 0 aliphatic carbocycles. The van der Waals surface area contributed by atoms with Gasteiger partial charge in [0.25, 0.3) is 11.8 Å². The number of ether oxygens (including phenoxy) is 1. The second kappa shape index (κ2) is 8.00. The molecule has 0 spiro atoms. The fourth-order valence-electron chi connectivity index (χ4n) is 1.78. The van der Waals surface area contributed by atoms with E-state index in [1.165, 1.54) is 0 Å². The number of hydrogen-bond donors (Lipinski definition) is 2. The summed E-state index contributed by atoms with van der Waals surface area (Å²) in [7, 11) is 0. The molecule has 2 amide bonds. The van der Waals surface area contributed by atoms with Crippen molar-refractivity contribution in [3.05, 3.63) is 77.3 Å². The van der Waals surface area contributed by atoms with Crippen LogP contribution < -0.4 is 15.6 Å². The van der Waals surface area contributed by atoms with Crippen molar-refractivity contribution in [2.75, 3.05) is 6.61 Å². The lowest BCUT2D eigenvalue weighted by atomic mass is 10.2. The van der Waals surface area contributed by atoms with E-state index in [4.69, 9.17) is 16.3 Å². The fourth-order valence-corrected chi connectivity index (χ4v) is 1.91. The minimum Gasteiger partial charge on any atom is -0.489 e. The molecule has 0 radical (unpaired) electrons. The standard InChI is InChI=1S/C17H15ClN2O3/c1-2-11-23-15-6-4-3-5-14(15)17(22)20-19-16(21)12-7-9-13(18)10-8-12/h2-10H,1,11H2,(H,19,21)(H,20,22). The molecule has 0 aromatic heterocycles. The number of para-hydroxylation sites is 1. The van der Waals surface area contributed by atoms with Crippen molar-refractivity contribution in [1.82, 2.24) is 10.9 Å². The van der Waals surface area contributed by atoms with E-state index < -0.39 is 11.8 Å². The van der Waals surface area contributed by atoms with Crippen LogP contribution in [-0.2, 0) is 0 Å². The van der Waals surface area contributed by atoms with Gasteiger partial charge in [0.15, 0.2) is 0 Å². The predicted molar refractivity (Wildman–Crippen MR) is 88.5 cm³/mol. The van der Waals surface area contributed by atoms with Gasteiger partial charge < -0.3 is 4.74 Å². The molecule has 118 valence electrons. The predicted octanol–water partition coefficient (Wildman–Crippen LogP) is 2.98. The van der Waals surface area contributed by atoms with Gasteiger partial charge in [0, 0.05) is 10.6 Å². The fraction of sp³-hybridized carbons (Fsp3) is 0.0588. The number of rotatable bonds is 5. The highest BCUT2D eigenvalue weighted by Gasteiger charge is 2.13. The topological polar surface area (TPSA) is 67.4 Å². The number of nitrogens with one attached hydrogen (secondary N) is 2. The highest BCUT2D eigenvalue weighted by molar-refractivity contribution is 6.30. The average Bonchev–Trinajstić information content (AvgIpc) is 2.58. The molecule has 0 fully saturated rings. The first-order chi connectivity index (χ1) is 11.1. The SMILES string of the molecule is C=CCOc1ccccc1C(=O)NNC(=O)c1ccc(Cl)cc1. The van der Waals surface area contributed by atoms with Gasteiger partial charge in [-0.15, -0.1) is 0 Å². The number of carbonyl (C=O) groups excluding carboxylic acids is 2. The molecule has 2 aromatic rings. The lowest BCUT2D eigenvalue weighted by Gasteiger charge is -2.11. The van der Waals surface area contributed by atoms with E-state index >= 15 is 0 Å². The lowest BCUT2D eigenvalue weighted by molar-refractivity contribution is 0.0844. The molecule has 2 N–H and O–H groups in total. The van der Waals surface area contributed by atoms with E-state index in [0.717, 1.165) is 0 Å². The van der Waals surface area contributed by atoms with Crippen LogP contribution in [0.15, 0.2) is 61.2 Å². The Balaban J connectivity index is 2.00. The van der Waals surface area contributed by atoms with Gasteiger partial charge in [-0.05, 0) is 36.4 Å². The average molecular weight is 331 g/mol. The Kier molecular flexibility index (Phi) is 5.77. The molecule has 0 aliphatic heterocycles. The first-order valence-corrected chi connectivity index (χ1v) is 7.18. The monoisotopic (exact) mass is 330 g/mol. The number of benzene rings is 2. The Bertz CT molecular complexity index is 714. The van der Waals surface area contributed by atoms with Gasteiger partial charge in [0.2, 0.25) is 0 Å². The van der Waals surface area contributed by atoms with Crippen LogP contribution in [0.2, 0.25) is 5.02 Å². The Morgan fingerprint density at radius 2 is 1.70 bits per heavy atom. The Morgan fingerprint density at radius 3 is 2.39 bits per heavy atom. The molecule has 0 unspecified atom stereocenters. The maximum atomic E-state index is 12.2. The minimum absolute atomic E-state index is 0.279. The van der Waals surface area contributed by atoms with Crippen LogP contribution in [0, 0.1) is 0 Å². The van der Waals surface area contributed by atoms with E-state index in [1.807, 2.05) is 0 Å². The highest BCUT2D eigenvalue weighted by atomic mass is 35.5. The second-order valence-electron chi connectivity index (χ2n) is 4.51. The first kappa shape index (κ1) is 16.6. The lowest BCUT2D eigenvalue weighted by Crippen LogP contribution is -2.41. The molecule has 2 aromatic carbocycles. The van der Waals surface area contributed by atoms with Gasteiger partial charge in [-0.1, -0.05) is 36.4 Å². The third-order valence-corrected chi connectivity index (χ3v) is 3.14. The smallest absolute Gasteiger partial charge is 0.273 e. The molecule has 2 rings (SSSR count). The summed E-state index contributed by atoms with van der Waals surface area (Å²) in [4.78, 5) is 24.1. The van der Waals surface area contributed by atoms with E-state index in [0.29, 0.717) is 21.9 Å². The maximum Gasteiger partial charge on any atom is 0.273 e. The summed E-state index contributed by atoms with van der Waals surface area (Å²) in [5.74, 6) is -0.517. The molecule has 6 heteroatoms. The molecule has 0 saturated heterocycles. The highest BCUT2D eigenvalue weighted by Crippen LogP contribution is 2.17. The number of amides is 2. The zero-order valence-corrected chi connectivity index (χ0v) is 13.0. The molecular formula is C17H15ClN2O3. The van der Waals surface area contributed by atoms with Gasteiger partial charge in [-0.3, -0.25) is 20.4 Å². The van der Waals surface area contributed by atoms with Crippen molar-refractivity contribution >= 4 is 23.4 Å². The molecule has 0 saturated carbocycles. The van der Waals surface area contributed by atoms with Crippen LogP contribution in [0.3, 0.4) is 0 Å². The van der Waals surface area contributed by atoms with E-state index in [1.54, 1.807) is 54.6 Å². The summed E-state index contributed by atoms with van der Waals surface area (Å²) in [6, 6.07) is 13.0. The van der Waals surface area contributed by atoms with Crippen LogP contribution >= 0.6 is 11.6 Å². The van der Waals surface area contributed by atoms with Crippen LogP contribution in [-0.4, -0.2) is 18.4 Å². The third-order valence-electron chi connectivity index (χ3n) is 2.88. The summed E-state index contributed by atoms with van der Waals surface area (Å²) < 4.78 is 5.41. The normalized spacial score (nSPS) is 9.78. The van der Waals surface area contributed by atoms with Crippen molar-refractivity contribution in [1.29, 1.82) is 0 Å². The van der Waals surface area contributed by atoms with Crippen molar-refractivity contribution < 1.29 is 14.3 Å². The van der Waals surface area contributed by atoms with E-state index in [9.17, 15) is 9.59 Å². The van der Waals surface area contributed by atoms with Crippen molar-refractivity contribution in [2.24, 2.45) is 0 Å². The Hall–Kier alpha value is -2.79. The summed E-state index contributed by atoms with van der Waals surface area (Å²) in [5, 5.41) is 0.527. The van der Waals surface area contributed by atoms with Gasteiger partial charge in [-0.25, -0.2) is 0 Å². The van der Waals surface area contributed by atoms with Crippen LogP contribution in [0.4, 0.5) is 0 Å². The molecule has 0 atom stereocenters. The molecule has 0 heterocycles. The number of halogens is 1. The van der Waals surface area contributed by atoms with Crippen LogP contribution in [0.25, 0.3) is 0 Å². The largest absolute Gasteiger partial charge is 0.489 e. The van der Waals surface area contributed by atoms with Crippen molar-refractivity contribution in [3.63, 3.8) is 0 Å². The van der Waals surface area contributed by atoms with Gasteiger partial charge >= 0.3 is 0 Å². The number of carbonyl (C=O) groups is 2. The van der Waals surface area contributed by atoms with Gasteiger partial charge in [-0.2, -0.15) is 0 Å². The summed E-state index contributed by atoms with van der Waals surface area (Å²) in [5.41, 5.74) is 5.39. The van der Waals surface area contributed by atoms with Gasteiger partial charge in [0.05, 0.1) is 5.56 Å². The first-order valence-electron chi connectivity index (χ1n) is 6.81. The van der Waals surface area contributed by atoms with Crippen molar-refractivity contribution in [2.45, 2.75) is 0 Å². The van der Waals surface area contributed by atoms with Crippen LogP contribution in [0.5, 0.6) is 5.75 Å². The summed E-state index contributed by atoms with van der Waals surface area (Å²) in [6.07, 6.45) is 1.58. The molecule has 0 aliphatic rings. The van der Waals surface area contributed by atoms with Gasteiger partial charge in [0.1, 0.15) is 12.4 Å². The zero-order chi connectivity index (χ0) is 16.7. The van der Waals surface area contributed by atoms with E-state index in [-0.39, 0.29) is 6.61 Å². The number of hydrazine groups is 1. The quantitative estimate of drug-likeness (QED) is 0.654. The third kappa shape index (κ3) is 4.59. The zero-order valence-electron chi connectivity index (χ0n) is 12.2. The molecule has 5 nitrogen and oxygen atoms in total. The maximum absolute atomic E-state index is 12.2.